The zero-order valence-electron chi connectivity index (χ0n) is 11.0. The third-order valence-electron chi connectivity index (χ3n) is 3.19. The topological polar surface area (TPSA) is 55.4 Å². The Morgan fingerprint density at radius 1 is 1.29 bits per heavy atom. The maximum Gasteiger partial charge on any atom is 0.224 e. The molecule has 1 amide bonds. The van der Waals surface area contributed by atoms with Gasteiger partial charge in [-0.15, -0.1) is 11.3 Å². The van der Waals surface area contributed by atoms with Gasteiger partial charge in [0.05, 0.1) is 8.66 Å². The molecule has 3 rings (SSSR count). The summed E-state index contributed by atoms with van der Waals surface area (Å²) in [6.45, 7) is -0.0142. The molecule has 0 saturated heterocycles. The van der Waals surface area contributed by atoms with Crippen molar-refractivity contribution in [3.05, 3.63) is 44.6 Å². The van der Waals surface area contributed by atoms with Crippen molar-refractivity contribution >= 4 is 44.6 Å². The SMILES string of the molecule is O=C1CCc2ccc(OCC(=O)c3ccc(Br)s3)cc2N1. The molecule has 0 spiro atoms. The van der Waals surface area contributed by atoms with Gasteiger partial charge in [-0.3, -0.25) is 9.59 Å². The highest BCUT2D eigenvalue weighted by atomic mass is 79.9. The van der Waals surface area contributed by atoms with Crippen LogP contribution in [0.15, 0.2) is 34.1 Å². The number of halogens is 1. The van der Waals surface area contributed by atoms with Crippen molar-refractivity contribution in [3.8, 4) is 5.75 Å². The molecule has 1 N–H and O–H groups in total. The number of amides is 1. The molecule has 0 atom stereocenters. The number of carbonyl (C=O) groups is 2. The van der Waals surface area contributed by atoms with Crippen LogP contribution in [-0.4, -0.2) is 18.3 Å². The zero-order chi connectivity index (χ0) is 14.8. The molecule has 21 heavy (non-hydrogen) atoms. The van der Waals surface area contributed by atoms with E-state index in [0.29, 0.717) is 17.0 Å². The van der Waals surface area contributed by atoms with Crippen LogP contribution in [0.4, 0.5) is 5.69 Å². The summed E-state index contributed by atoms with van der Waals surface area (Å²) in [4.78, 5) is 24.0. The smallest absolute Gasteiger partial charge is 0.224 e. The molecule has 2 heterocycles. The standard InChI is InChI=1S/C15H12BrNO3S/c16-14-5-4-13(21-14)12(18)8-20-10-3-1-9-2-6-15(19)17-11(9)7-10/h1,3-5,7H,2,6,8H2,(H,17,19). The van der Waals surface area contributed by atoms with Gasteiger partial charge in [0.25, 0.3) is 0 Å². The lowest BCUT2D eigenvalue weighted by Crippen LogP contribution is -2.19. The first-order valence-electron chi connectivity index (χ1n) is 6.46. The number of rotatable bonds is 4. The summed E-state index contributed by atoms with van der Waals surface area (Å²) < 4.78 is 6.44. The second-order valence-corrected chi connectivity index (χ2v) is 7.15. The van der Waals surface area contributed by atoms with E-state index in [1.54, 1.807) is 12.1 Å². The van der Waals surface area contributed by atoms with Crippen molar-refractivity contribution in [2.45, 2.75) is 12.8 Å². The lowest BCUT2D eigenvalue weighted by Gasteiger charge is -2.17. The van der Waals surface area contributed by atoms with Gasteiger partial charge in [-0.25, -0.2) is 0 Å². The number of hydrogen-bond acceptors (Lipinski definition) is 4. The minimum atomic E-state index is -0.0625. The quantitative estimate of drug-likeness (QED) is 0.841. The van der Waals surface area contributed by atoms with Crippen LogP contribution in [0, 0.1) is 0 Å². The highest BCUT2D eigenvalue weighted by Gasteiger charge is 2.16. The number of benzene rings is 1. The number of hydrogen-bond donors (Lipinski definition) is 1. The van der Waals surface area contributed by atoms with Crippen LogP contribution < -0.4 is 10.1 Å². The highest BCUT2D eigenvalue weighted by Crippen LogP contribution is 2.27. The second kappa shape index (κ2) is 5.99. The summed E-state index contributed by atoms with van der Waals surface area (Å²) in [5.41, 5.74) is 1.87. The normalized spacial score (nSPS) is 13.5. The summed E-state index contributed by atoms with van der Waals surface area (Å²) in [6, 6.07) is 9.13. The molecular weight excluding hydrogens is 354 g/mol. The first-order valence-corrected chi connectivity index (χ1v) is 8.07. The Balaban J connectivity index is 1.67. The van der Waals surface area contributed by atoms with Crippen LogP contribution in [0.5, 0.6) is 5.75 Å². The van der Waals surface area contributed by atoms with E-state index in [-0.39, 0.29) is 18.3 Å². The molecular formula is C15H12BrNO3S. The zero-order valence-corrected chi connectivity index (χ0v) is 13.4. The molecule has 1 aliphatic rings. The fraction of sp³-hybridized carbons (Fsp3) is 0.200. The van der Waals surface area contributed by atoms with Crippen LogP contribution in [0.3, 0.4) is 0 Å². The number of nitrogens with one attached hydrogen (secondary N) is 1. The van der Waals surface area contributed by atoms with Crippen molar-refractivity contribution in [1.29, 1.82) is 0 Å². The van der Waals surface area contributed by atoms with E-state index >= 15 is 0 Å². The van der Waals surface area contributed by atoms with Crippen molar-refractivity contribution in [2.24, 2.45) is 0 Å². The van der Waals surface area contributed by atoms with Gasteiger partial charge in [0.1, 0.15) is 5.75 Å². The number of ether oxygens (including phenoxy) is 1. The molecule has 0 saturated carbocycles. The van der Waals surface area contributed by atoms with E-state index < -0.39 is 0 Å². The fourth-order valence-electron chi connectivity index (χ4n) is 2.12. The molecule has 2 aromatic rings. The first-order chi connectivity index (χ1) is 10.1. The van der Waals surface area contributed by atoms with E-state index in [0.717, 1.165) is 21.5 Å². The lowest BCUT2D eigenvalue weighted by atomic mass is 10.0. The van der Waals surface area contributed by atoms with Crippen LogP contribution in [0.1, 0.15) is 21.7 Å². The Hall–Kier alpha value is -1.66. The summed E-state index contributed by atoms with van der Waals surface area (Å²) in [7, 11) is 0. The number of anilines is 1. The van der Waals surface area contributed by atoms with Crippen LogP contribution >= 0.6 is 27.3 Å². The second-order valence-electron chi connectivity index (χ2n) is 4.68. The number of thiophene rings is 1. The molecule has 0 fully saturated rings. The molecule has 0 bridgehead atoms. The predicted molar refractivity (Wildman–Crippen MR) is 85.2 cm³/mol. The van der Waals surface area contributed by atoms with Gasteiger partial charge in [-0.2, -0.15) is 0 Å². The average Bonchev–Trinajstić information content (AvgIpc) is 2.91. The van der Waals surface area contributed by atoms with Crippen LogP contribution in [-0.2, 0) is 11.2 Å². The summed E-state index contributed by atoms with van der Waals surface area (Å²) >= 11 is 4.71. The Morgan fingerprint density at radius 3 is 2.90 bits per heavy atom. The molecule has 0 radical (unpaired) electrons. The highest BCUT2D eigenvalue weighted by molar-refractivity contribution is 9.11. The van der Waals surface area contributed by atoms with Gasteiger partial charge in [0.2, 0.25) is 11.7 Å². The maximum absolute atomic E-state index is 12.0. The number of fused-ring (bicyclic) bond motifs is 1. The third kappa shape index (κ3) is 3.33. The summed E-state index contributed by atoms with van der Waals surface area (Å²) in [6.07, 6.45) is 1.25. The van der Waals surface area contributed by atoms with E-state index in [9.17, 15) is 9.59 Å². The average molecular weight is 366 g/mol. The van der Waals surface area contributed by atoms with Gasteiger partial charge in [0.15, 0.2) is 6.61 Å². The molecule has 1 aliphatic heterocycles. The van der Waals surface area contributed by atoms with Crippen LogP contribution in [0.2, 0.25) is 0 Å². The van der Waals surface area contributed by atoms with Crippen molar-refractivity contribution in [2.75, 3.05) is 11.9 Å². The minimum absolute atomic E-state index is 0.0131. The monoisotopic (exact) mass is 365 g/mol. The van der Waals surface area contributed by atoms with Gasteiger partial charge in [0, 0.05) is 18.2 Å². The van der Waals surface area contributed by atoms with Crippen molar-refractivity contribution < 1.29 is 14.3 Å². The van der Waals surface area contributed by atoms with Gasteiger partial charge in [-0.05, 0) is 46.1 Å². The molecule has 108 valence electrons. The van der Waals surface area contributed by atoms with Gasteiger partial charge >= 0.3 is 0 Å². The van der Waals surface area contributed by atoms with Crippen LogP contribution in [0.25, 0.3) is 0 Å². The molecule has 0 unspecified atom stereocenters. The third-order valence-corrected chi connectivity index (χ3v) is 4.86. The first kappa shape index (κ1) is 14.3. The maximum atomic E-state index is 12.0. The Labute approximate surface area is 134 Å². The Morgan fingerprint density at radius 2 is 2.14 bits per heavy atom. The van der Waals surface area contributed by atoms with Gasteiger partial charge < -0.3 is 10.1 Å². The van der Waals surface area contributed by atoms with E-state index in [2.05, 4.69) is 21.2 Å². The number of ketones is 1. The predicted octanol–water partition coefficient (Wildman–Crippen LogP) is 3.66. The van der Waals surface area contributed by atoms with Gasteiger partial charge in [-0.1, -0.05) is 6.07 Å². The van der Waals surface area contributed by atoms with E-state index in [1.165, 1.54) is 11.3 Å². The van der Waals surface area contributed by atoms with Crippen molar-refractivity contribution in [1.82, 2.24) is 0 Å². The minimum Gasteiger partial charge on any atom is -0.485 e. The Bertz CT molecular complexity index is 711. The largest absolute Gasteiger partial charge is 0.485 e. The van der Waals surface area contributed by atoms with E-state index in [1.807, 2.05) is 18.2 Å². The molecule has 0 aliphatic carbocycles. The Kier molecular flexibility index (Phi) is 4.07. The number of carbonyl (C=O) groups excluding carboxylic acids is 2. The fourth-order valence-corrected chi connectivity index (χ4v) is 3.44. The van der Waals surface area contributed by atoms with E-state index in [4.69, 9.17) is 4.74 Å². The number of aryl methyl sites for hydroxylation is 1. The molecule has 4 nitrogen and oxygen atoms in total. The lowest BCUT2D eigenvalue weighted by molar-refractivity contribution is -0.116. The molecule has 1 aromatic heterocycles. The summed E-state index contributed by atoms with van der Waals surface area (Å²) in [5, 5.41) is 2.81. The molecule has 1 aromatic carbocycles. The van der Waals surface area contributed by atoms with Crippen molar-refractivity contribution in [3.63, 3.8) is 0 Å². The number of Topliss-reactive ketones (excluding diaryl/α,β-unsaturated/α-hetero) is 1. The molecule has 6 heteroatoms. The summed E-state index contributed by atoms with van der Waals surface area (Å²) in [5.74, 6) is 0.534.